The van der Waals surface area contributed by atoms with E-state index in [0.717, 1.165) is 32.2 Å². The van der Waals surface area contributed by atoms with Gasteiger partial charge in [0.2, 0.25) is 6.41 Å². The van der Waals surface area contributed by atoms with Crippen LogP contribution in [0.1, 0.15) is 38.5 Å². The number of amides is 1. The Morgan fingerprint density at radius 3 is 2.57 bits per heavy atom. The summed E-state index contributed by atoms with van der Waals surface area (Å²) in [4.78, 5) is 11.9. The molecule has 0 heterocycles. The van der Waals surface area contributed by atoms with Crippen molar-refractivity contribution >= 4 is 6.41 Å². The van der Waals surface area contributed by atoms with Gasteiger partial charge in [-0.15, -0.1) is 11.8 Å². The van der Waals surface area contributed by atoms with Crippen molar-refractivity contribution in [2.24, 2.45) is 0 Å². The van der Waals surface area contributed by atoms with Crippen molar-refractivity contribution in [3.8, 4) is 11.8 Å². The molecule has 0 N–H and O–H groups in total. The average molecular weight is 194 g/mol. The fourth-order valence-electron chi connectivity index (χ4n) is 1.16. The second kappa shape index (κ2) is 10.1. The minimum atomic E-state index is 0.712. The molecule has 2 heteroatoms. The van der Waals surface area contributed by atoms with Crippen molar-refractivity contribution in [1.82, 2.24) is 4.90 Å². The molecule has 79 valence electrons. The van der Waals surface area contributed by atoms with Crippen molar-refractivity contribution in [1.29, 1.82) is 0 Å². The third-order valence-electron chi connectivity index (χ3n) is 1.99. The van der Waals surface area contributed by atoms with Gasteiger partial charge in [-0.05, 0) is 19.8 Å². The minimum absolute atomic E-state index is 0.712. The second-order valence-corrected chi connectivity index (χ2v) is 3.35. The van der Waals surface area contributed by atoms with Gasteiger partial charge in [0.1, 0.15) is 0 Å². The van der Waals surface area contributed by atoms with Crippen molar-refractivity contribution < 1.29 is 4.79 Å². The molecule has 0 fully saturated rings. The minimum Gasteiger partial charge on any atom is -0.348 e. The van der Waals surface area contributed by atoms with Crippen LogP contribution >= 0.6 is 0 Å². The van der Waals surface area contributed by atoms with Gasteiger partial charge in [0, 0.05) is 26.4 Å². The summed E-state index contributed by atoms with van der Waals surface area (Å²) >= 11 is 0. The zero-order valence-corrected chi connectivity index (χ0v) is 9.09. The predicted octanol–water partition coefficient (Wildman–Crippen LogP) is 2.25. The molecule has 2 nitrogen and oxygen atoms in total. The van der Waals surface area contributed by atoms with Gasteiger partial charge in [-0.1, -0.05) is 12.8 Å². The Kier molecular flexibility index (Phi) is 9.41. The van der Waals surface area contributed by atoms with Crippen molar-refractivity contribution in [2.45, 2.75) is 38.5 Å². The lowest BCUT2D eigenvalue weighted by molar-refractivity contribution is -0.117. The first-order valence-corrected chi connectivity index (χ1v) is 5.21. The van der Waals surface area contributed by atoms with Crippen LogP contribution in [0.2, 0.25) is 0 Å². The van der Waals surface area contributed by atoms with Crippen LogP contribution in [0.3, 0.4) is 0 Å². The molecule has 14 heavy (non-hydrogen) atoms. The Morgan fingerprint density at radius 1 is 1.21 bits per heavy atom. The van der Waals surface area contributed by atoms with E-state index in [0.29, 0.717) is 6.42 Å². The fraction of sp³-hybridized carbons (Fsp3) is 0.667. The van der Waals surface area contributed by atoms with Crippen LogP contribution in [0.4, 0.5) is 0 Å². The normalized spacial score (nSPS) is 9.00. The Balaban J connectivity index is 3.10. The largest absolute Gasteiger partial charge is 0.348 e. The van der Waals surface area contributed by atoms with Crippen LogP contribution in [0, 0.1) is 18.8 Å². The van der Waals surface area contributed by atoms with Crippen molar-refractivity contribution in [2.75, 3.05) is 13.6 Å². The van der Waals surface area contributed by atoms with Gasteiger partial charge in [-0.25, -0.2) is 0 Å². The van der Waals surface area contributed by atoms with E-state index in [1.165, 1.54) is 12.8 Å². The molecule has 0 aromatic carbocycles. The molecule has 0 aromatic rings. The smallest absolute Gasteiger partial charge is 0.209 e. The number of carbonyl (C=O) groups is 1. The average Bonchev–Trinajstić information content (AvgIpc) is 2.21. The zero-order valence-electron chi connectivity index (χ0n) is 9.09. The van der Waals surface area contributed by atoms with Crippen LogP contribution < -0.4 is 0 Å². The summed E-state index contributed by atoms with van der Waals surface area (Å²) in [5.74, 6) is 6.02. The summed E-state index contributed by atoms with van der Waals surface area (Å²) in [6.07, 6.45) is 7.22. The molecule has 0 aromatic heterocycles. The Hall–Kier alpha value is -0.970. The maximum atomic E-state index is 10.2. The molecule has 1 amide bonds. The molecule has 0 saturated heterocycles. The highest BCUT2D eigenvalue weighted by atomic mass is 16.1. The van der Waals surface area contributed by atoms with Crippen LogP contribution in [0.5, 0.6) is 0 Å². The van der Waals surface area contributed by atoms with E-state index in [-0.39, 0.29) is 0 Å². The molecule has 0 atom stereocenters. The van der Waals surface area contributed by atoms with Crippen molar-refractivity contribution in [3.63, 3.8) is 0 Å². The first kappa shape index (κ1) is 13.0. The van der Waals surface area contributed by atoms with Gasteiger partial charge in [0.05, 0.1) is 0 Å². The van der Waals surface area contributed by atoms with E-state index < -0.39 is 0 Å². The monoisotopic (exact) mass is 194 g/mol. The lowest BCUT2D eigenvalue weighted by Gasteiger charge is -2.08. The lowest BCUT2D eigenvalue weighted by Crippen LogP contribution is -2.16. The number of carbonyl (C=O) groups excluding carboxylic acids is 1. The topological polar surface area (TPSA) is 20.3 Å². The summed E-state index contributed by atoms with van der Waals surface area (Å²) in [6.45, 7) is 4.52. The molecule has 0 spiro atoms. The molecular weight excluding hydrogens is 174 g/mol. The van der Waals surface area contributed by atoms with Crippen molar-refractivity contribution in [3.05, 3.63) is 6.92 Å². The number of rotatable bonds is 7. The summed E-state index contributed by atoms with van der Waals surface area (Å²) in [5.41, 5.74) is 0. The highest BCUT2D eigenvalue weighted by Crippen LogP contribution is 2.02. The fourth-order valence-corrected chi connectivity index (χ4v) is 1.16. The molecule has 0 unspecified atom stereocenters. The molecular formula is C12H20NO. The van der Waals surface area contributed by atoms with Crippen LogP contribution in [0.15, 0.2) is 0 Å². The lowest BCUT2D eigenvalue weighted by atomic mass is 10.1. The molecule has 0 aliphatic carbocycles. The van der Waals surface area contributed by atoms with Crippen LogP contribution in [-0.2, 0) is 4.79 Å². The highest BCUT2D eigenvalue weighted by molar-refractivity contribution is 5.46. The molecule has 0 bridgehead atoms. The third-order valence-corrected chi connectivity index (χ3v) is 1.99. The number of unbranched alkanes of at least 4 members (excludes halogenated alkanes) is 4. The van der Waals surface area contributed by atoms with Crippen LogP contribution in [0.25, 0.3) is 0 Å². The summed E-state index contributed by atoms with van der Waals surface area (Å²) in [5, 5.41) is 0. The van der Waals surface area contributed by atoms with E-state index in [1.807, 2.05) is 7.05 Å². The standard InChI is InChI=1S/C12H20NO/c1-3-4-5-6-7-8-9-10-11-13(2)12-14/h12H,1,3,6-11H2,2H3. The van der Waals surface area contributed by atoms with Gasteiger partial charge in [-0.2, -0.15) is 0 Å². The number of hydrogen-bond acceptors (Lipinski definition) is 1. The molecule has 0 aliphatic heterocycles. The zero-order chi connectivity index (χ0) is 10.6. The first-order valence-electron chi connectivity index (χ1n) is 5.21. The Morgan fingerprint density at radius 2 is 1.93 bits per heavy atom. The maximum Gasteiger partial charge on any atom is 0.209 e. The third kappa shape index (κ3) is 9.12. The quantitative estimate of drug-likeness (QED) is 0.346. The number of hydrogen-bond donors (Lipinski definition) is 0. The molecule has 0 rings (SSSR count). The summed E-state index contributed by atoms with van der Waals surface area (Å²) in [6, 6.07) is 0. The van der Waals surface area contributed by atoms with E-state index in [2.05, 4.69) is 18.8 Å². The highest BCUT2D eigenvalue weighted by Gasteiger charge is 1.92. The molecule has 1 radical (unpaired) electrons. The molecule has 0 aliphatic rings. The van der Waals surface area contributed by atoms with E-state index >= 15 is 0 Å². The van der Waals surface area contributed by atoms with Gasteiger partial charge in [-0.3, -0.25) is 4.79 Å². The summed E-state index contributed by atoms with van der Waals surface area (Å²) < 4.78 is 0. The van der Waals surface area contributed by atoms with Gasteiger partial charge in [0.15, 0.2) is 0 Å². The van der Waals surface area contributed by atoms with E-state index in [9.17, 15) is 4.79 Å². The summed E-state index contributed by atoms with van der Waals surface area (Å²) in [7, 11) is 1.81. The van der Waals surface area contributed by atoms with Gasteiger partial charge in [0.25, 0.3) is 0 Å². The number of nitrogens with zero attached hydrogens (tertiary/aromatic N) is 1. The Bertz CT molecular complexity index is 190. The second-order valence-electron chi connectivity index (χ2n) is 3.35. The van der Waals surface area contributed by atoms with Gasteiger partial charge >= 0.3 is 0 Å². The SMILES string of the molecule is [CH2]CC#CCCCCCCN(C)C=O. The van der Waals surface area contributed by atoms with Gasteiger partial charge < -0.3 is 4.90 Å². The van der Waals surface area contributed by atoms with E-state index in [4.69, 9.17) is 0 Å². The Labute approximate surface area is 87.7 Å². The van der Waals surface area contributed by atoms with E-state index in [1.54, 1.807) is 4.90 Å². The maximum absolute atomic E-state index is 10.2. The van der Waals surface area contributed by atoms with Crippen LogP contribution in [-0.4, -0.2) is 24.9 Å². The molecule has 0 saturated carbocycles. The predicted molar refractivity (Wildman–Crippen MR) is 59.5 cm³/mol. The first-order chi connectivity index (χ1) is 6.81.